The van der Waals surface area contributed by atoms with E-state index in [1.165, 1.54) is 17.8 Å². The van der Waals surface area contributed by atoms with E-state index in [1.54, 1.807) is 6.07 Å². The largest absolute Gasteiger partial charge is 0.301 e. The third-order valence-corrected chi connectivity index (χ3v) is 3.61. The second-order valence-corrected chi connectivity index (χ2v) is 6.50. The summed E-state index contributed by atoms with van der Waals surface area (Å²) in [6.07, 6.45) is 1.27. The second-order valence-electron chi connectivity index (χ2n) is 6.50. The summed E-state index contributed by atoms with van der Waals surface area (Å²) in [6, 6.07) is 13.8. The Bertz CT molecular complexity index is 558. The van der Waals surface area contributed by atoms with Gasteiger partial charge in [0, 0.05) is 12.1 Å². The summed E-state index contributed by atoms with van der Waals surface area (Å²) in [5, 5.41) is 3.62. The molecule has 2 rings (SSSR count). The zero-order chi connectivity index (χ0) is 15.5. The Hall–Kier alpha value is -1.74. The highest BCUT2D eigenvalue weighted by Gasteiger charge is 2.27. The average molecular weight is 286 g/mol. The Kier molecular flexibility index (Phi) is 4.73. The fourth-order valence-electron chi connectivity index (χ4n) is 2.47. The molecule has 2 aromatic rings. The van der Waals surface area contributed by atoms with Gasteiger partial charge in [0.2, 0.25) is 0 Å². The smallest absolute Gasteiger partial charge is 0.141 e. The van der Waals surface area contributed by atoms with E-state index in [9.17, 15) is 4.39 Å². The number of benzene rings is 1. The predicted octanol–water partition coefficient (Wildman–Crippen LogP) is 4.66. The Labute approximate surface area is 126 Å². The standard InChI is InChI=1S/C18H23FN2/c1-13(16-11-10-15(19)12-20-16)21-17(18(2,3)4)14-8-6-5-7-9-14/h5-13,17,21H,1-4H3. The molecule has 0 radical (unpaired) electrons. The fraction of sp³-hybridized carbons (Fsp3) is 0.389. The van der Waals surface area contributed by atoms with E-state index in [2.05, 4.69) is 62.3 Å². The highest BCUT2D eigenvalue weighted by molar-refractivity contribution is 5.21. The summed E-state index contributed by atoms with van der Waals surface area (Å²) in [7, 11) is 0. The summed E-state index contributed by atoms with van der Waals surface area (Å²) < 4.78 is 13.0. The quantitative estimate of drug-likeness (QED) is 0.884. The summed E-state index contributed by atoms with van der Waals surface area (Å²) in [5.41, 5.74) is 2.16. The minimum atomic E-state index is -0.304. The summed E-state index contributed by atoms with van der Waals surface area (Å²) in [6.45, 7) is 8.69. The van der Waals surface area contributed by atoms with Crippen LogP contribution in [0.1, 0.15) is 51.0 Å². The molecule has 3 heteroatoms. The molecule has 0 spiro atoms. The van der Waals surface area contributed by atoms with Crippen LogP contribution in [0.4, 0.5) is 4.39 Å². The zero-order valence-electron chi connectivity index (χ0n) is 13.1. The molecule has 1 aromatic carbocycles. The molecule has 0 aliphatic rings. The topological polar surface area (TPSA) is 24.9 Å². The highest BCUT2D eigenvalue weighted by Crippen LogP contribution is 2.34. The van der Waals surface area contributed by atoms with E-state index >= 15 is 0 Å². The SMILES string of the molecule is CC(NC(c1ccccc1)C(C)(C)C)c1ccc(F)cn1. The van der Waals surface area contributed by atoms with Gasteiger partial charge >= 0.3 is 0 Å². The molecule has 0 fully saturated rings. The van der Waals surface area contributed by atoms with Crippen molar-refractivity contribution in [1.29, 1.82) is 0 Å². The Morgan fingerprint density at radius 1 is 1.05 bits per heavy atom. The van der Waals surface area contributed by atoms with Crippen LogP contribution < -0.4 is 5.32 Å². The van der Waals surface area contributed by atoms with Crippen molar-refractivity contribution in [2.75, 3.05) is 0 Å². The molecule has 0 aliphatic carbocycles. The summed E-state index contributed by atoms with van der Waals surface area (Å²) >= 11 is 0. The number of hydrogen-bond donors (Lipinski definition) is 1. The lowest BCUT2D eigenvalue weighted by molar-refractivity contribution is 0.253. The van der Waals surface area contributed by atoms with Crippen LogP contribution in [-0.4, -0.2) is 4.98 Å². The van der Waals surface area contributed by atoms with Crippen LogP contribution in [0.5, 0.6) is 0 Å². The summed E-state index contributed by atoms with van der Waals surface area (Å²) in [5.74, 6) is -0.304. The molecule has 2 nitrogen and oxygen atoms in total. The Morgan fingerprint density at radius 2 is 1.71 bits per heavy atom. The van der Waals surface area contributed by atoms with Crippen LogP contribution in [0.15, 0.2) is 48.7 Å². The van der Waals surface area contributed by atoms with Gasteiger partial charge in [-0.3, -0.25) is 4.98 Å². The molecule has 1 aromatic heterocycles. The normalized spacial score (nSPS) is 14.7. The van der Waals surface area contributed by atoms with Gasteiger partial charge in [-0.1, -0.05) is 51.1 Å². The van der Waals surface area contributed by atoms with E-state index in [-0.39, 0.29) is 23.3 Å². The lowest BCUT2D eigenvalue weighted by Gasteiger charge is -2.34. The third kappa shape index (κ3) is 4.11. The van der Waals surface area contributed by atoms with Crippen molar-refractivity contribution >= 4 is 0 Å². The van der Waals surface area contributed by atoms with Gasteiger partial charge in [-0.2, -0.15) is 0 Å². The van der Waals surface area contributed by atoms with Gasteiger partial charge in [0.1, 0.15) is 5.82 Å². The number of rotatable bonds is 4. The molecule has 0 bridgehead atoms. The Morgan fingerprint density at radius 3 is 2.24 bits per heavy atom. The number of hydrogen-bond acceptors (Lipinski definition) is 2. The first-order valence-corrected chi connectivity index (χ1v) is 7.30. The monoisotopic (exact) mass is 286 g/mol. The summed E-state index contributed by atoms with van der Waals surface area (Å²) in [4.78, 5) is 4.17. The molecule has 0 amide bonds. The predicted molar refractivity (Wildman–Crippen MR) is 84.4 cm³/mol. The maximum absolute atomic E-state index is 13.0. The van der Waals surface area contributed by atoms with Crippen molar-refractivity contribution in [3.63, 3.8) is 0 Å². The van der Waals surface area contributed by atoms with Gasteiger partial charge in [-0.25, -0.2) is 4.39 Å². The van der Waals surface area contributed by atoms with Crippen molar-refractivity contribution in [1.82, 2.24) is 10.3 Å². The first-order chi connectivity index (χ1) is 9.88. The zero-order valence-corrected chi connectivity index (χ0v) is 13.1. The lowest BCUT2D eigenvalue weighted by Crippen LogP contribution is -2.34. The molecule has 1 heterocycles. The van der Waals surface area contributed by atoms with Crippen molar-refractivity contribution in [3.8, 4) is 0 Å². The number of nitrogens with one attached hydrogen (secondary N) is 1. The number of pyridine rings is 1. The second kappa shape index (κ2) is 6.35. The van der Waals surface area contributed by atoms with E-state index in [0.29, 0.717) is 0 Å². The molecule has 0 saturated heterocycles. The van der Waals surface area contributed by atoms with Crippen molar-refractivity contribution in [3.05, 3.63) is 65.7 Å². The van der Waals surface area contributed by atoms with Crippen molar-refractivity contribution in [2.45, 2.75) is 39.8 Å². The highest BCUT2D eigenvalue weighted by atomic mass is 19.1. The van der Waals surface area contributed by atoms with Crippen molar-refractivity contribution < 1.29 is 4.39 Å². The van der Waals surface area contributed by atoms with Gasteiger partial charge < -0.3 is 5.32 Å². The van der Waals surface area contributed by atoms with Crippen LogP contribution in [0.2, 0.25) is 0 Å². The van der Waals surface area contributed by atoms with Gasteiger partial charge in [0.15, 0.2) is 0 Å². The maximum Gasteiger partial charge on any atom is 0.141 e. The van der Waals surface area contributed by atoms with Crippen LogP contribution >= 0.6 is 0 Å². The maximum atomic E-state index is 13.0. The molecular formula is C18H23FN2. The molecule has 2 unspecified atom stereocenters. The van der Waals surface area contributed by atoms with Gasteiger partial charge in [0.25, 0.3) is 0 Å². The van der Waals surface area contributed by atoms with Crippen LogP contribution in [0.3, 0.4) is 0 Å². The minimum absolute atomic E-state index is 0.0510. The first kappa shape index (κ1) is 15.6. The molecule has 1 N–H and O–H groups in total. The minimum Gasteiger partial charge on any atom is -0.301 e. The fourth-order valence-corrected chi connectivity index (χ4v) is 2.47. The van der Waals surface area contributed by atoms with Gasteiger partial charge in [0.05, 0.1) is 11.9 Å². The molecule has 21 heavy (non-hydrogen) atoms. The van der Waals surface area contributed by atoms with E-state index < -0.39 is 0 Å². The van der Waals surface area contributed by atoms with E-state index in [0.717, 1.165) is 5.69 Å². The van der Waals surface area contributed by atoms with Gasteiger partial charge in [-0.15, -0.1) is 0 Å². The first-order valence-electron chi connectivity index (χ1n) is 7.30. The number of halogens is 1. The molecular weight excluding hydrogens is 263 g/mol. The Balaban J connectivity index is 2.21. The number of aromatic nitrogens is 1. The van der Waals surface area contributed by atoms with Crippen LogP contribution in [0.25, 0.3) is 0 Å². The van der Waals surface area contributed by atoms with E-state index in [4.69, 9.17) is 0 Å². The van der Waals surface area contributed by atoms with Crippen molar-refractivity contribution in [2.24, 2.45) is 5.41 Å². The van der Waals surface area contributed by atoms with Gasteiger partial charge in [-0.05, 0) is 30.0 Å². The lowest BCUT2D eigenvalue weighted by atomic mass is 9.82. The van der Waals surface area contributed by atoms with Crippen LogP contribution in [0, 0.1) is 11.2 Å². The van der Waals surface area contributed by atoms with E-state index in [1.807, 2.05) is 6.07 Å². The molecule has 0 saturated carbocycles. The molecule has 2 atom stereocenters. The number of nitrogens with zero attached hydrogens (tertiary/aromatic N) is 1. The molecule has 0 aliphatic heterocycles. The van der Waals surface area contributed by atoms with Crippen LogP contribution in [-0.2, 0) is 0 Å². The average Bonchev–Trinajstić information content (AvgIpc) is 2.45. The third-order valence-electron chi connectivity index (χ3n) is 3.61. The molecule has 112 valence electrons.